The Morgan fingerprint density at radius 3 is 2.58 bits per heavy atom. The molecule has 0 amide bonds. The van der Waals surface area contributed by atoms with Crippen molar-refractivity contribution in [2.45, 2.75) is 13.1 Å². The molecule has 100 valence electrons. The summed E-state index contributed by atoms with van der Waals surface area (Å²) in [4.78, 5) is 1.06. The van der Waals surface area contributed by atoms with Crippen molar-refractivity contribution in [2.75, 3.05) is 5.73 Å². The third kappa shape index (κ3) is 1.96. The molecule has 0 atom stereocenters. The van der Waals surface area contributed by atoms with Crippen LogP contribution in [0.3, 0.4) is 0 Å². The van der Waals surface area contributed by atoms with Gasteiger partial charge in [-0.05, 0) is 13.0 Å². The van der Waals surface area contributed by atoms with E-state index in [0.717, 1.165) is 16.2 Å². The molecule has 0 unspecified atom stereocenters. The number of hydrogen-bond acceptors (Lipinski definition) is 6. The Kier molecular flexibility index (Phi) is 2.54. The second-order valence-electron chi connectivity index (χ2n) is 3.76. The smallest absolute Gasteiger partial charge is 0.390 e. The molecular formula is C9H6F3N5S2. The number of anilines is 1. The number of nitrogen functional groups attached to an aromatic ring is 1. The van der Waals surface area contributed by atoms with Gasteiger partial charge < -0.3 is 5.73 Å². The van der Waals surface area contributed by atoms with Crippen molar-refractivity contribution >= 4 is 32.6 Å². The molecule has 0 fully saturated rings. The minimum Gasteiger partial charge on any atom is -0.390 e. The van der Waals surface area contributed by atoms with Crippen molar-refractivity contribution in [3.8, 4) is 10.6 Å². The lowest BCUT2D eigenvalue weighted by Gasteiger charge is -2.00. The van der Waals surface area contributed by atoms with Crippen LogP contribution in [0.2, 0.25) is 0 Å². The molecule has 0 spiro atoms. The number of aromatic nitrogens is 4. The van der Waals surface area contributed by atoms with E-state index in [1.807, 2.05) is 6.92 Å². The van der Waals surface area contributed by atoms with E-state index in [1.165, 1.54) is 11.3 Å². The molecule has 5 nitrogen and oxygen atoms in total. The first-order valence-electron chi connectivity index (χ1n) is 5.02. The maximum Gasteiger partial charge on any atom is 0.453 e. The number of fused-ring (bicyclic) bond motifs is 1. The van der Waals surface area contributed by atoms with E-state index >= 15 is 0 Å². The van der Waals surface area contributed by atoms with Crippen LogP contribution in [-0.4, -0.2) is 19.8 Å². The number of rotatable bonds is 1. The molecule has 19 heavy (non-hydrogen) atoms. The minimum atomic E-state index is -4.58. The van der Waals surface area contributed by atoms with E-state index in [2.05, 4.69) is 15.3 Å². The van der Waals surface area contributed by atoms with E-state index in [-0.39, 0.29) is 4.96 Å². The number of halogens is 3. The Morgan fingerprint density at radius 1 is 1.26 bits per heavy atom. The second-order valence-corrected chi connectivity index (χ2v) is 6.00. The van der Waals surface area contributed by atoms with Crippen molar-refractivity contribution in [2.24, 2.45) is 0 Å². The Morgan fingerprint density at radius 2 is 2.00 bits per heavy atom. The highest BCUT2D eigenvalue weighted by molar-refractivity contribution is 7.21. The lowest BCUT2D eigenvalue weighted by atomic mass is 10.3. The van der Waals surface area contributed by atoms with Crippen LogP contribution in [0.4, 0.5) is 18.2 Å². The number of nitrogens with two attached hydrogens (primary N) is 1. The van der Waals surface area contributed by atoms with E-state index in [0.29, 0.717) is 20.1 Å². The Labute approximate surface area is 112 Å². The highest BCUT2D eigenvalue weighted by Gasteiger charge is 2.38. The third-order valence-electron chi connectivity index (χ3n) is 2.36. The molecule has 0 aliphatic heterocycles. The quantitative estimate of drug-likeness (QED) is 0.750. The van der Waals surface area contributed by atoms with Crippen molar-refractivity contribution in [3.63, 3.8) is 0 Å². The summed E-state index contributed by atoms with van der Waals surface area (Å²) in [6, 6.07) is 1.79. The van der Waals surface area contributed by atoms with Gasteiger partial charge in [0.25, 0.3) is 5.82 Å². The standard InChI is InChI=1S/C9H6F3N5S2/c1-3-2-4(5(13)18-3)6-16-17-7(9(10,11)12)14-15-8(17)19-6/h2H,13H2,1H3. The van der Waals surface area contributed by atoms with E-state index < -0.39 is 12.0 Å². The topological polar surface area (TPSA) is 69.1 Å². The average Bonchev–Trinajstić information content (AvgIpc) is 2.88. The second kappa shape index (κ2) is 3.90. The summed E-state index contributed by atoms with van der Waals surface area (Å²) < 4.78 is 38.7. The highest BCUT2D eigenvalue weighted by Crippen LogP contribution is 2.37. The fourth-order valence-electron chi connectivity index (χ4n) is 1.60. The molecular weight excluding hydrogens is 299 g/mol. The maximum atomic E-state index is 12.7. The first kappa shape index (κ1) is 12.4. The Balaban J connectivity index is 2.18. The molecule has 0 saturated heterocycles. The van der Waals surface area contributed by atoms with Gasteiger partial charge in [-0.15, -0.1) is 21.5 Å². The van der Waals surface area contributed by atoms with E-state index in [4.69, 9.17) is 5.73 Å². The van der Waals surface area contributed by atoms with Crippen LogP contribution in [0.25, 0.3) is 15.5 Å². The molecule has 0 aliphatic rings. The van der Waals surface area contributed by atoms with Crippen molar-refractivity contribution in [1.29, 1.82) is 0 Å². The van der Waals surface area contributed by atoms with Gasteiger partial charge in [0.15, 0.2) is 5.01 Å². The van der Waals surface area contributed by atoms with Crippen molar-refractivity contribution in [3.05, 3.63) is 16.8 Å². The number of nitrogens with zero attached hydrogens (tertiary/aromatic N) is 4. The summed E-state index contributed by atoms with van der Waals surface area (Å²) in [5.74, 6) is -1.13. The van der Waals surface area contributed by atoms with Gasteiger partial charge in [-0.3, -0.25) is 0 Å². The predicted octanol–water partition coefficient (Wildman–Crippen LogP) is 2.82. The molecule has 3 aromatic heterocycles. The normalized spacial score (nSPS) is 12.4. The summed E-state index contributed by atoms with van der Waals surface area (Å²) in [7, 11) is 0. The van der Waals surface area contributed by atoms with Gasteiger partial charge in [0.05, 0.1) is 5.00 Å². The number of hydrogen-bond donors (Lipinski definition) is 1. The molecule has 0 bridgehead atoms. The van der Waals surface area contributed by atoms with Crippen molar-refractivity contribution in [1.82, 2.24) is 19.8 Å². The fraction of sp³-hybridized carbons (Fsp3) is 0.222. The van der Waals surface area contributed by atoms with E-state index in [9.17, 15) is 13.2 Å². The van der Waals surface area contributed by atoms with Gasteiger partial charge in [0, 0.05) is 10.4 Å². The molecule has 2 N–H and O–H groups in total. The van der Waals surface area contributed by atoms with Crippen LogP contribution in [0.15, 0.2) is 6.07 Å². The fourth-order valence-corrected chi connectivity index (χ4v) is 3.33. The van der Waals surface area contributed by atoms with Crippen LogP contribution in [0, 0.1) is 6.92 Å². The lowest BCUT2D eigenvalue weighted by Crippen LogP contribution is -2.11. The first-order chi connectivity index (χ1) is 8.86. The summed E-state index contributed by atoms with van der Waals surface area (Å²) in [5.41, 5.74) is 6.44. The number of thiophene rings is 1. The van der Waals surface area contributed by atoms with Gasteiger partial charge in [0.1, 0.15) is 0 Å². The van der Waals surface area contributed by atoms with Crippen molar-refractivity contribution < 1.29 is 13.2 Å². The molecule has 3 rings (SSSR count). The van der Waals surface area contributed by atoms with Crippen LogP contribution < -0.4 is 5.73 Å². The summed E-state index contributed by atoms with van der Waals surface area (Å²) >= 11 is 2.38. The van der Waals surface area contributed by atoms with E-state index in [1.54, 1.807) is 6.07 Å². The number of alkyl halides is 3. The zero-order valence-corrected chi connectivity index (χ0v) is 11.0. The maximum absolute atomic E-state index is 12.7. The Hall–Kier alpha value is -1.68. The zero-order valence-electron chi connectivity index (χ0n) is 9.39. The SMILES string of the molecule is Cc1cc(-c2nn3c(C(F)(F)F)nnc3s2)c(N)s1. The molecule has 0 radical (unpaired) electrons. The van der Waals surface area contributed by atoms with Gasteiger partial charge in [-0.1, -0.05) is 11.3 Å². The van der Waals surface area contributed by atoms with Crippen LogP contribution in [-0.2, 0) is 6.18 Å². The lowest BCUT2D eigenvalue weighted by molar-refractivity contribution is -0.146. The summed E-state index contributed by atoms with van der Waals surface area (Å²) in [6.45, 7) is 1.87. The minimum absolute atomic E-state index is 0.0885. The first-order valence-corrected chi connectivity index (χ1v) is 6.65. The molecule has 10 heteroatoms. The molecule has 0 saturated carbocycles. The van der Waals surface area contributed by atoms with Gasteiger partial charge in [-0.25, -0.2) is 0 Å². The molecule has 3 aromatic rings. The Bertz CT molecular complexity index is 754. The van der Waals surface area contributed by atoms with Gasteiger partial charge in [-0.2, -0.15) is 22.8 Å². The summed E-state index contributed by atoms with van der Waals surface area (Å²) in [6.07, 6.45) is -4.58. The van der Waals surface area contributed by atoms with Gasteiger partial charge in [0.2, 0.25) is 4.96 Å². The van der Waals surface area contributed by atoms with Gasteiger partial charge >= 0.3 is 6.18 Å². The van der Waals surface area contributed by atoms with Crippen LogP contribution >= 0.6 is 22.7 Å². The third-order valence-corrected chi connectivity index (χ3v) is 4.17. The largest absolute Gasteiger partial charge is 0.453 e. The van der Waals surface area contributed by atoms with Crippen LogP contribution in [0.1, 0.15) is 10.7 Å². The number of aryl methyl sites for hydroxylation is 1. The summed E-state index contributed by atoms with van der Waals surface area (Å²) in [5, 5.41) is 11.4. The monoisotopic (exact) mass is 305 g/mol. The molecule has 0 aliphatic carbocycles. The molecule has 3 heterocycles. The zero-order chi connectivity index (χ0) is 13.8. The highest BCUT2D eigenvalue weighted by atomic mass is 32.1. The van der Waals surface area contributed by atoms with Crippen LogP contribution in [0.5, 0.6) is 0 Å². The average molecular weight is 305 g/mol. The molecule has 0 aromatic carbocycles. The predicted molar refractivity (Wildman–Crippen MR) is 66.1 cm³/mol.